The number of rotatable bonds is 8. The highest BCUT2D eigenvalue weighted by Gasteiger charge is 2.45. The minimum atomic E-state index is -3.78. The number of nitrogens with zero attached hydrogens (tertiary/aromatic N) is 2. The first-order valence-corrected chi connectivity index (χ1v) is 10.7. The number of carbonyl (C=O) groups is 1. The van der Waals surface area contributed by atoms with Gasteiger partial charge in [-0.2, -0.15) is 4.31 Å². The Bertz CT molecular complexity index is 843. The second kappa shape index (κ2) is 8.79. The summed E-state index contributed by atoms with van der Waals surface area (Å²) in [4.78, 5) is 16.6. The average Bonchev–Trinajstić information content (AvgIpc) is 3.33. The van der Waals surface area contributed by atoms with Crippen LogP contribution in [0.5, 0.6) is 5.75 Å². The molecule has 0 aromatic carbocycles. The zero-order valence-corrected chi connectivity index (χ0v) is 16.4. The highest BCUT2D eigenvalue weighted by Crippen LogP contribution is 2.30. The molecule has 1 fully saturated rings. The van der Waals surface area contributed by atoms with Crippen LogP contribution in [0.1, 0.15) is 6.42 Å². The van der Waals surface area contributed by atoms with E-state index in [9.17, 15) is 13.2 Å². The maximum absolute atomic E-state index is 13.0. The predicted octanol–water partition coefficient (Wildman–Crippen LogP) is 1.12. The molecule has 0 aliphatic carbocycles. The van der Waals surface area contributed by atoms with Gasteiger partial charge in [0.2, 0.25) is 5.91 Å². The number of sulfonamides is 1. The van der Waals surface area contributed by atoms with Crippen LogP contribution in [0.15, 0.2) is 46.2 Å². The molecule has 1 saturated heterocycles. The van der Waals surface area contributed by atoms with Crippen molar-refractivity contribution in [3.63, 3.8) is 0 Å². The predicted molar refractivity (Wildman–Crippen MR) is 100 cm³/mol. The van der Waals surface area contributed by atoms with Gasteiger partial charge in [-0.05, 0) is 23.6 Å². The summed E-state index contributed by atoms with van der Waals surface area (Å²) in [5, 5.41) is 4.42. The summed E-state index contributed by atoms with van der Waals surface area (Å²) >= 11 is 1.13. The number of amides is 1. The van der Waals surface area contributed by atoms with Gasteiger partial charge in [0, 0.05) is 26.3 Å². The molecule has 1 aliphatic rings. The molecular weight excluding hydrogens is 390 g/mol. The maximum Gasteiger partial charge on any atom is 0.253 e. The van der Waals surface area contributed by atoms with Crippen molar-refractivity contribution in [2.75, 3.05) is 26.8 Å². The van der Waals surface area contributed by atoms with Crippen molar-refractivity contribution in [3.05, 3.63) is 42.0 Å². The van der Waals surface area contributed by atoms with E-state index in [1.165, 1.54) is 17.5 Å². The van der Waals surface area contributed by atoms with Crippen molar-refractivity contribution in [3.8, 4) is 5.75 Å². The Morgan fingerprint density at radius 1 is 1.41 bits per heavy atom. The van der Waals surface area contributed by atoms with E-state index in [0.29, 0.717) is 18.9 Å². The van der Waals surface area contributed by atoms with E-state index in [2.05, 4.69) is 10.3 Å². The van der Waals surface area contributed by atoms with Crippen LogP contribution in [-0.4, -0.2) is 62.6 Å². The molecule has 0 saturated carbocycles. The number of ether oxygens (including phenoxy) is 2. The molecule has 0 spiro atoms. The first-order chi connectivity index (χ1) is 13.0. The van der Waals surface area contributed by atoms with Crippen LogP contribution >= 0.6 is 11.3 Å². The molecule has 10 heteroatoms. The number of aromatic nitrogens is 1. The average molecular weight is 412 g/mol. The third-order valence-electron chi connectivity index (χ3n) is 4.12. The normalized spacial score (nSPS) is 20.5. The van der Waals surface area contributed by atoms with Crippen LogP contribution in [-0.2, 0) is 19.6 Å². The maximum atomic E-state index is 13.0. The molecule has 2 aromatic heterocycles. The van der Waals surface area contributed by atoms with Crippen molar-refractivity contribution in [1.82, 2.24) is 14.6 Å². The van der Waals surface area contributed by atoms with Gasteiger partial charge in [-0.1, -0.05) is 6.07 Å². The number of carbonyl (C=O) groups excluding carboxylic acids is 1. The number of thiophene rings is 1. The quantitative estimate of drug-likeness (QED) is 0.654. The highest BCUT2D eigenvalue weighted by molar-refractivity contribution is 7.91. The lowest BCUT2D eigenvalue weighted by atomic mass is 10.2. The van der Waals surface area contributed by atoms with Crippen LogP contribution in [0, 0.1) is 0 Å². The second-order valence-electron chi connectivity index (χ2n) is 5.97. The van der Waals surface area contributed by atoms with Gasteiger partial charge in [-0.15, -0.1) is 11.3 Å². The van der Waals surface area contributed by atoms with Crippen LogP contribution in [0.4, 0.5) is 0 Å². The number of pyridine rings is 1. The lowest BCUT2D eigenvalue weighted by molar-refractivity contribution is -0.124. The third kappa shape index (κ3) is 4.64. The highest BCUT2D eigenvalue weighted by atomic mass is 32.2. The number of nitrogens with one attached hydrogen (secondary N) is 1. The van der Waals surface area contributed by atoms with Crippen molar-refractivity contribution >= 4 is 27.3 Å². The molecule has 3 rings (SSSR count). The summed E-state index contributed by atoms with van der Waals surface area (Å²) in [5.41, 5.74) is 0. The lowest BCUT2D eigenvalue weighted by Gasteiger charge is -2.22. The number of hydrogen-bond acceptors (Lipinski definition) is 7. The molecular formula is C17H21N3O5S2. The minimum Gasteiger partial charge on any atom is -0.487 e. The molecule has 0 radical (unpaired) electrons. The standard InChI is InChI=1S/C17H21N3O5S2/c1-24-8-7-19-17(21)15-10-14(25-13-4-2-6-18-11-13)12-20(15)27(22,23)16-5-3-9-26-16/h2-6,9,11,14-15H,7-8,10,12H2,1H3,(H,19,21)/t14-,15-/m0/s1. The summed E-state index contributed by atoms with van der Waals surface area (Å²) in [6, 6.07) is 5.85. The largest absolute Gasteiger partial charge is 0.487 e. The summed E-state index contributed by atoms with van der Waals surface area (Å²) in [7, 11) is -2.25. The number of methoxy groups -OCH3 is 1. The van der Waals surface area contributed by atoms with E-state index in [0.717, 1.165) is 11.3 Å². The van der Waals surface area contributed by atoms with Gasteiger partial charge in [0.15, 0.2) is 0 Å². The molecule has 1 N–H and O–H groups in total. The minimum absolute atomic E-state index is 0.0947. The molecule has 1 aliphatic heterocycles. The van der Waals surface area contributed by atoms with Gasteiger partial charge in [0.05, 0.1) is 19.3 Å². The summed E-state index contributed by atoms with van der Waals surface area (Å²) in [5.74, 6) is 0.181. The summed E-state index contributed by atoms with van der Waals surface area (Å²) < 4.78 is 38.2. The van der Waals surface area contributed by atoms with Crippen LogP contribution in [0.25, 0.3) is 0 Å². The first kappa shape index (κ1) is 19.7. The van der Waals surface area contributed by atoms with E-state index in [-0.39, 0.29) is 23.1 Å². The molecule has 2 atom stereocenters. The Kier molecular flexibility index (Phi) is 6.42. The Morgan fingerprint density at radius 3 is 2.93 bits per heavy atom. The Morgan fingerprint density at radius 2 is 2.26 bits per heavy atom. The molecule has 1 amide bonds. The Hall–Kier alpha value is -2.01. The third-order valence-corrected chi connectivity index (χ3v) is 7.37. The fraction of sp³-hybridized carbons (Fsp3) is 0.412. The fourth-order valence-corrected chi connectivity index (χ4v) is 5.64. The first-order valence-electron chi connectivity index (χ1n) is 8.41. The molecule has 0 unspecified atom stereocenters. The lowest BCUT2D eigenvalue weighted by Crippen LogP contribution is -2.46. The van der Waals surface area contributed by atoms with Gasteiger partial charge in [-0.25, -0.2) is 8.42 Å². The zero-order valence-electron chi connectivity index (χ0n) is 14.8. The van der Waals surface area contributed by atoms with E-state index < -0.39 is 22.2 Å². The Balaban J connectivity index is 1.80. The van der Waals surface area contributed by atoms with E-state index >= 15 is 0 Å². The fourth-order valence-electron chi connectivity index (χ4n) is 2.89. The van der Waals surface area contributed by atoms with Crippen LogP contribution < -0.4 is 10.1 Å². The van der Waals surface area contributed by atoms with E-state index in [4.69, 9.17) is 9.47 Å². The van der Waals surface area contributed by atoms with Crippen molar-refractivity contribution in [2.24, 2.45) is 0 Å². The van der Waals surface area contributed by atoms with Gasteiger partial charge in [-0.3, -0.25) is 9.78 Å². The monoisotopic (exact) mass is 411 g/mol. The van der Waals surface area contributed by atoms with Gasteiger partial charge >= 0.3 is 0 Å². The van der Waals surface area contributed by atoms with E-state index in [1.54, 1.807) is 36.0 Å². The number of hydrogen-bond donors (Lipinski definition) is 1. The van der Waals surface area contributed by atoms with E-state index in [1.807, 2.05) is 0 Å². The molecule has 0 bridgehead atoms. The van der Waals surface area contributed by atoms with Crippen molar-refractivity contribution in [2.45, 2.75) is 22.8 Å². The van der Waals surface area contributed by atoms with Crippen molar-refractivity contribution in [1.29, 1.82) is 0 Å². The van der Waals surface area contributed by atoms with Crippen molar-refractivity contribution < 1.29 is 22.7 Å². The van der Waals surface area contributed by atoms with Gasteiger partial charge < -0.3 is 14.8 Å². The second-order valence-corrected chi connectivity index (χ2v) is 9.04. The zero-order chi connectivity index (χ0) is 19.3. The van der Waals surface area contributed by atoms with Crippen LogP contribution in [0.2, 0.25) is 0 Å². The molecule has 8 nitrogen and oxygen atoms in total. The van der Waals surface area contributed by atoms with Crippen LogP contribution in [0.3, 0.4) is 0 Å². The molecule has 146 valence electrons. The van der Waals surface area contributed by atoms with Gasteiger partial charge in [0.25, 0.3) is 10.0 Å². The molecule has 3 heterocycles. The molecule has 27 heavy (non-hydrogen) atoms. The topological polar surface area (TPSA) is 97.8 Å². The Labute approximate surface area is 162 Å². The SMILES string of the molecule is COCCNC(=O)[C@@H]1C[C@H](Oc2cccnc2)CN1S(=O)(=O)c1cccs1. The smallest absolute Gasteiger partial charge is 0.253 e. The summed E-state index contributed by atoms with van der Waals surface area (Å²) in [6.07, 6.45) is 3.01. The molecule has 2 aromatic rings. The summed E-state index contributed by atoms with van der Waals surface area (Å²) in [6.45, 7) is 0.760. The van der Waals surface area contributed by atoms with Gasteiger partial charge in [0.1, 0.15) is 22.1 Å².